The molecule has 0 aliphatic heterocycles. The van der Waals surface area contributed by atoms with E-state index < -0.39 is 101 Å². The lowest BCUT2D eigenvalue weighted by Gasteiger charge is -2.26. The monoisotopic (exact) mass is 717 g/mol. The first-order valence-corrected chi connectivity index (χ1v) is 17.6. The minimum absolute atomic E-state index is 0.151. The van der Waals surface area contributed by atoms with E-state index in [1.54, 1.807) is 35.2 Å². The van der Waals surface area contributed by atoms with Gasteiger partial charge in [-0.15, -0.1) is 0 Å². The molecule has 0 fully saturated rings. The fourth-order valence-corrected chi connectivity index (χ4v) is 7.10. The predicted octanol–water partition coefficient (Wildman–Crippen LogP) is 14.1. The number of para-hydroxylation sites is 4. The number of phenolic OH excluding ortho intramolecular Hbond substituents is 1. The molecular weight excluding hydrogens is 669 g/mol. The molecule has 1 heterocycles. The number of rotatable bonds is 7. The highest BCUT2D eigenvalue weighted by Gasteiger charge is 2.16. The summed E-state index contributed by atoms with van der Waals surface area (Å²) in [6.45, 7) is 0. The quantitative estimate of drug-likeness (QED) is 0.178. The Morgan fingerprint density at radius 1 is 0.418 bits per heavy atom. The number of phenols is 1. The van der Waals surface area contributed by atoms with Crippen LogP contribution in [0.2, 0.25) is 0 Å². The van der Waals surface area contributed by atoms with Crippen LogP contribution >= 0.6 is 0 Å². The summed E-state index contributed by atoms with van der Waals surface area (Å²) >= 11 is 0. The number of benzene rings is 9. The Balaban J connectivity index is 1.10. The number of fused-ring (bicyclic) bond motifs is 4. The van der Waals surface area contributed by atoms with E-state index in [0.717, 1.165) is 44.7 Å². The average Bonchev–Trinajstić information content (AvgIpc) is 3.69. The third kappa shape index (κ3) is 5.80. The third-order valence-electron chi connectivity index (χ3n) is 9.69. The van der Waals surface area contributed by atoms with Crippen molar-refractivity contribution in [2.45, 2.75) is 0 Å². The summed E-state index contributed by atoms with van der Waals surface area (Å²) in [5.41, 5.74) is 3.67. The van der Waals surface area contributed by atoms with Crippen LogP contribution in [0.5, 0.6) is 5.75 Å². The summed E-state index contributed by atoms with van der Waals surface area (Å²) in [6.07, 6.45) is 0. The van der Waals surface area contributed by atoms with E-state index in [1.807, 2.05) is 60.7 Å². The fraction of sp³-hybridized carbons (Fsp3) is 0. The van der Waals surface area contributed by atoms with E-state index in [9.17, 15) is 10.6 Å². The molecule has 0 aliphatic carbocycles. The van der Waals surface area contributed by atoms with Gasteiger partial charge in [0, 0.05) is 44.6 Å². The van der Waals surface area contributed by atoms with Crippen molar-refractivity contribution < 1.29 is 22.9 Å². The van der Waals surface area contributed by atoms with E-state index in [0.29, 0.717) is 11.4 Å². The summed E-state index contributed by atoms with van der Waals surface area (Å²) in [5, 5.41) is 13.9. The molecule has 0 atom stereocenters. The van der Waals surface area contributed by atoms with Crippen LogP contribution in [0.3, 0.4) is 0 Å². The molecule has 10 aromatic rings. The molecule has 1 aromatic heterocycles. The molecule has 3 nitrogen and oxygen atoms in total. The lowest BCUT2D eigenvalue weighted by molar-refractivity contribution is 0.479. The predicted molar refractivity (Wildman–Crippen MR) is 231 cm³/mol. The second kappa shape index (κ2) is 13.6. The van der Waals surface area contributed by atoms with Crippen LogP contribution in [0.25, 0.3) is 71.6 Å². The molecule has 0 unspecified atom stereocenters. The van der Waals surface area contributed by atoms with Crippen molar-refractivity contribution in [1.82, 2.24) is 4.57 Å². The second-order valence-electron chi connectivity index (χ2n) is 12.9. The number of aromatic nitrogens is 1. The van der Waals surface area contributed by atoms with Crippen LogP contribution in [0.4, 0.5) is 17.1 Å². The van der Waals surface area contributed by atoms with Crippen LogP contribution in [-0.2, 0) is 0 Å². The van der Waals surface area contributed by atoms with Crippen LogP contribution in [0, 0.1) is 0 Å². The van der Waals surface area contributed by atoms with E-state index in [-0.39, 0.29) is 22.0 Å². The van der Waals surface area contributed by atoms with Crippen molar-refractivity contribution in [2.75, 3.05) is 4.90 Å². The van der Waals surface area contributed by atoms with Gasteiger partial charge in [-0.25, -0.2) is 0 Å². The number of aromatic hydroxyl groups is 1. The first kappa shape index (κ1) is 21.4. The molecule has 3 heteroatoms. The highest BCUT2D eigenvalue weighted by Crippen LogP contribution is 2.41. The Labute approximate surface area is 338 Å². The standard InChI is InChI=1S/C52H36N2O/c55-52-46(20-11-21-47(52)41-25-24-36-12-4-5-13-39(36)34-41)38-28-32-44(33-29-38)53(42-15-2-1-3-16-42)43-30-26-37(27-31-43)40-14-10-17-45(35-40)54-50-22-8-6-18-48(50)49-19-7-9-23-51(49)54/h1-35,55H/i4D,5D,11D,12D,13D,20D,21D,24D,25D,28D,29D,32D,33D. The molecule has 0 saturated carbocycles. The maximum absolute atomic E-state index is 12.0. The van der Waals surface area contributed by atoms with Crippen molar-refractivity contribution in [1.29, 1.82) is 0 Å². The Morgan fingerprint density at radius 2 is 1.04 bits per heavy atom. The van der Waals surface area contributed by atoms with Gasteiger partial charge in [0.15, 0.2) is 0 Å². The SMILES string of the molecule is [2H]c1c([2H])c(-c2cc3c([2H])c([2H])c([2H])c([2H])c3c([2H])c2[2H])c(O)c(-c2c([2H])c([2H])c(N(c3ccccc3)c3ccc(-c4cccc(-n5c6ccccc6c6ccccc65)c4)cc3)c([2H])c2[2H])c1[2H]. The van der Waals surface area contributed by atoms with Gasteiger partial charge < -0.3 is 14.6 Å². The maximum atomic E-state index is 12.0. The van der Waals surface area contributed by atoms with Gasteiger partial charge in [0.1, 0.15) is 5.75 Å². The average molecular weight is 718 g/mol. The molecular formula is C52H36N2O. The van der Waals surface area contributed by atoms with Gasteiger partial charge in [0.2, 0.25) is 0 Å². The van der Waals surface area contributed by atoms with Crippen LogP contribution in [0.1, 0.15) is 17.8 Å². The summed E-state index contributed by atoms with van der Waals surface area (Å²) in [4.78, 5) is 1.58. The topological polar surface area (TPSA) is 28.4 Å². The fourth-order valence-electron chi connectivity index (χ4n) is 7.10. The molecule has 0 bridgehead atoms. The molecule has 260 valence electrons. The zero-order valence-corrected chi connectivity index (χ0v) is 29.0. The Kier molecular flexibility index (Phi) is 5.27. The molecule has 0 amide bonds. The molecule has 0 aliphatic rings. The second-order valence-corrected chi connectivity index (χ2v) is 12.9. The van der Waals surface area contributed by atoms with Crippen molar-refractivity contribution in [3.05, 3.63) is 212 Å². The van der Waals surface area contributed by atoms with Crippen molar-refractivity contribution >= 4 is 49.6 Å². The lowest BCUT2D eigenvalue weighted by Crippen LogP contribution is -2.09. The third-order valence-corrected chi connectivity index (χ3v) is 9.69. The highest BCUT2D eigenvalue weighted by molar-refractivity contribution is 6.09. The van der Waals surface area contributed by atoms with E-state index in [2.05, 4.69) is 41.0 Å². The first-order valence-electron chi connectivity index (χ1n) is 24.1. The minimum atomic E-state index is -0.935. The van der Waals surface area contributed by atoms with Crippen molar-refractivity contribution in [3.8, 4) is 44.8 Å². The van der Waals surface area contributed by atoms with Gasteiger partial charge in [-0.3, -0.25) is 0 Å². The zero-order valence-electron chi connectivity index (χ0n) is 42.0. The summed E-state index contributed by atoms with van der Waals surface area (Å²) in [5.74, 6) is -0.935. The van der Waals surface area contributed by atoms with Gasteiger partial charge in [-0.2, -0.15) is 0 Å². The number of hydrogen-bond donors (Lipinski definition) is 1. The molecule has 10 rings (SSSR count). The molecule has 0 radical (unpaired) electrons. The summed E-state index contributed by atoms with van der Waals surface area (Å²) in [7, 11) is 0. The maximum Gasteiger partial charge on any atom is 0.131 e. The molecule has 1 N–H and O–H groups in total. The Morgan fingerprint density at radius 3 is 1.76 bits per heavy atom. The smallest absolute Gasteiger partial charge is 0.131 e. The summed E-state index contributed by atoms with van der Waals surface area (Å²) in [6, 6.07) is 33.7. The van der Waals surface area contributed by atoms with Gasteiger partial charge in [0.05, 0.1) is 28.9 Å². The molecule has 0 spiro atoms. The van der Waals surface area contributed by atoms with Gasteiger partial charge in [0.25, 0.3) is 0 Å². The minimum Gasteiger partial charge on any atom is -0.507 e. The van der Waals surface area contributed by atoms with Gasteiger partial charge in [-0.1, -0.05) is 145 Å². The molecule has 9 aromatic carbocycles. The van der Waals surface area contributed by atoms with Crippen LogP contribution in [-0.4, -0.2) is 9.67 Å². The number of nitrogens with zero attached hydrogens (tertiary/aromatic N) is 2. The number of anilines is 3. The van der Waals surface area contributed by atoms with E-state index in [4.69, 9.17) is 12.3 Å². The van der Waals surface area contributed by atoms with E-state index >= 15 is 0 Å². The summed E-state index contributed by atoms with van der Waals surface area (Å²) < 4.78 is 117. The van der Waals surface area contributed by atoms with E-state index in [1.165, 1.54) is 0 Å². The molecule has 55 heavy (non-hydrogen) atoms. The van der Waals surface area contributed by atoms with Gasteiger partial charge >= 0.3 is 0 Å². The number of hydrogen-bond acceptors (Lipinski definition) is 2. The highest BCUT2D eigenvalue weighted by atomic mass is 16.3. The molecule has 0 saturated heterocycles. The van der Waals surface area contributed by atoms with Crippen molar-refractivity contribution in [2.24, 2.45) is 0 Å². The first-order chi connectivity index (χ1) is 32.6. The van der Waals surface area contributed by atoms with Crippen LogP contribution < -0.4 is 4.90 Å². The Hall–Kier alpha value is -7.36. The van der Waals surface area contributed by atoms with Crippen molar-refractivity contribution in [3.63, 3.8) is 0 Å². The largest absolute Gasteiger partial charge is 0.507 e. The zero-order chi connectivity index (χ0) is 48.0. The normalized spacial score (nSPS) is 14.7. The van der Waals surface area contributed by atoms with Gasteiger partial charge in [-0.05, 0) is 99.7 Å². The Bertz CT molecular complexity index is 3660. The van der Waals surface area contributed by atoms with Crippen LogP contribution in [0.15, 0.2) is 212 Å². The lowest BCUT2D eigenvalue weighted by atomic mass is 9.95.